The summed E-state index contributed by atoms with van der Waals surface area (Å²) < 4.78 is 5.38. The summed E-state index contributed by atoms with van der Waals surface area (Å²) in [6.07, 6.45) is 0. The van der Waals surface area contributed by atoms with E-state index >= 15 is 0 Å². The minimum Gasteiger partial charge on any atom is -0.465 e. The molecule has 3 N–H and O–H groups in total. The smallest absolute Gasteiger partial charge is 0.251 e. The Hall–Kier alpha value is -2.23. The van der Waals surface area contributed by atoms with Gasteiger partial charge in [0.15, 0.2) is 0 Å². The van der Waals surface area contributed by atoms with Crippen molar-refractivity contribution in [1.29, 1.82) is 0 Å². The van der Waals surface area contributed by atoms with Gasteiger partial charge in [0.25, 0.3) is 5.91 Å². The van der Waals surface area contributed by atoms with E-state index in [1.165, 1.54) is 0 Å². The van der Waals surface area contributed by atoms with Crippen molar-refractivity contribution in [2.24, 2.45) is 0 Å². The van der Waals surface area contributed by atoms with Crippen LogP contribution in [0.1, 0.15) is 27.4 Å². The summed E-state index contributed by atoms with van der Waals surface area (Å²) in [4.78, 5) is 11.9. The van der Waals surface area contributed by atoms with Crippen LogP contribution in [0.15, 0.2) is 34.7 Å². The second-order valence-electron chi connectivity index (χ2n) is 4.33. The predicted molar refractivity (Wildman–Crippen MR) is 70.2 cm³/mol. The van der Waals surface area contributed by atoms with E-state index in [4.69, 9.17) is 10.2 Å². The van der Waals surface area contributed by atoms with Crippen LogP contribution in [0.3, 0.4) is 0 Å². The van der Waals surface area contributed by atoms with Crippen LogP contribution < -0.4 is 11.1 Å². The van der Waals surface area contributed by atoms with Crippen LogP contribution in [0.25, 0.3) is 0 Å². The van der Waals surface area contributed by atoms with Gasteiger partial charge in [0.2, 0.25) is 0 Å². The lowest BCUT2D eigenvalue weighted by atomic mass is 10.1. The van der Waals surface area contributed by atoms with Crippen LogP contribution in [0.5, 0.6) is 0 Å². The molecule has 2 aromatic rings. The fourth-order valence-electron chi connectivity index (χ4n) is 1.79. The molecular weight excluding hydrogens is 228 g/mol. The summed E-state index contributed by atoms with van der Waals surface area (Å²) in [5, 5.41) is 2.79. The van der Waals surface area contributed by atoms with Crippen molar-refractivity contribution in [1.82, 2.24) is 5.32 Å². The van der Waals surface area contributed by atoms with Gasteiger partial charge in [-0.25, -0.2) is 0 Å². The van der Waals surface area contributed by atoms with Crippen molar-refractivity contribution in [3.05, 3.63) is 53.0 Å². The summed E-state index contributed by atoms with van der Waals surface area (Å²) in [5.74, 6) is 1.42. The van der Waals surface area contributed by atoms with E-state index < -0.39 is 0 Å². The summed E-state index contributed by atoms with van der Waals surface area (Å²) in [7, 11) is 0. The lowest BCUT2D eigenvalue weighted by Gasteiger charge is -2.05. The lowest BCUT2D eigenvalue weighted by Crippen LogP contribution is -2.22. The average molecular weight is 244 g/mol. The summed E-state index contributed by atoms with van der Waals surface area (Å²) in [6.45, 7) is 4.15. The molecule has 94 valence electrons. The van der Waals surface area contributed by atoms with Crippen molar-refractivity contribution < 1.29 is 9.21 Å². The van der Waals surface area contributed by atoms with Gasteiger partial charge in [0.05, 0.1) is 6.54 Å². The van der Waals surface area contributed by atoms with Crippen LogP contribution in [-0.4, -0.2) is 5.91 Å². The van der Waals surface area contributed by atoms with E-state index in [0.29, 0.717) is 17.8 Å². The van der Waals surface area contributed by atoms with Gasteiger partial charge < -0.3 is 15.5 Å². The Labute approximate surface area is 106 Å². The normalized spacial score (nSPS) is 10.3. The third kappa shape index (κ3) is 2.91. The number of hydrogen-bond acceptors (Lipinski definition) is 3. The maximum atomic E-state index is 11.9. The summed E-state index contributed by atoms with van der Waals surface area (Å²) in [5.41, 5.74) is 7.83. The van der Waals surface area contributed by atoms with Gasteiger partial charge in [-0.05, 0) is 49.7 Å². The van der Waals surface area contributed by atoms with E-state index in [2.05, 4.69) is 5.32 Å². The van der Waals surface area contributed by atoms with Crippen LogP contribution in [0.4, 0.5) is 5.69 Å². The monoisotopic (exact) mass is 244 g/mol. The molecule has 2 rings (SSSR count). The number of aryl methyl sites for hydroxylation is 2. The Bertz CT molecular complexity index is 553. The maximum absolute atomic E-state index is 11.9. The van der Waals surface area contributed by atoms with Gasteiger partial charge in [0.1, 0.15) is 11.5 Å². The number of hydrogen-bond donors (Lipinski definition) is 2. The molecule has 1 heterocycles. The average Bonchev–Trinajstić information content (AvgIpc) is 2.70. The second kappa shape index (κ2) is 4.96. The molecule has 18 heavy (non-hydrogen) atoms. The van der Waals surface area contributed by atoms with Crippen molar-refractivity contribution in [3.8, 4) is 0 Å². The minimum atomic E-state index is -0.153. The molecule has 0 unspecified atom stereocenters. The highest BCUT2D eigenvalue weighted by molar-refractivity contribution is 5.95. The van der Waals surface area contributed by atoms with Gasteiger partial charge in [-0.1, -0.05) is 0 Å². The molecular formula is C14H16N2O2. The van der Waals surface area contributed by atoms with Gasteiger partial charge in [-0.3, -0.25) is 4.79 Å². The predicted octanol–water partition coefficient (Wildman–Crippen LogP) is 2.41. The fourth-order valence-corrected chi connectivity index (χ4v) is 1.79. The topological polar surface area (TPSA) is 68.3 Å². The van der Waals surface area contributed by atoms with Crippen molar-refractivity contribution in [2.45, 2.75) is 20.4 Å². The first-order valence-corrected chi connectivity index (χ1v) is 5.75. The highest BCUT2D eigenvalue weighted by Crippen LogP contribution is 2.12. The van der Waals surface area contributed by atoms with E-state index in [9.17, 15) is 4.79 Å². The van der Waals surface area contributed by atoms with Crippen LogP contribution >= 0.6 is 0 Å². The third-order valence-corrected chi connectivity index (χ3v) is 2.58. The molecule has 4 heteroatoms. The molecule has 0 atom stereocenters. The lowest BCUT2D eigenvalue weighted by molar-refractivity contribution is 0.0948. The highest BCUT2D eigenvalue weighted by atomic mass is 16.3. The van der Waals surface area contributed by atoms with Gasteiger partial charge in [-0.15, -0.1) is 0 Å². The summed E-state index contributed by atoms with van der Waals surface area (Å²) >= 11 is 0. The van der Waals surface area contributed by atoms with Crippen molar-refractivity contribution >= 4 is 11.6 Å². The molecule has 1 aromatic carbocycles. The Morgan fingerprint density at radius 3 is 2.67 bits per heavy atom. The molecule has 0 spiro atoms. The first-order chi connectivity index (χ1) is 8.54. The van der Waals surface area contributed by atoms with Gasteiger partial charge in [0, 0.05) is 11.3 Å². The third-order valence-electron chi connectivity index (χ3n) is 2.58. The maximum Gasteiger partial charge on any atom is 0.251 e. The molecule has 4 nitrogen and oxygen atoms in total. The fraction of sp³-hybridized carbons (Fsp3) is 0.214. The Morgan fingerprint density at radius 1 is 1.28 bits per heavy atom. The molecule has 0 saturated carbocycles. The molecule has 1 aromatic heterocycles. The van der Waals surface area contributed by atoms with Gasteiger partial charge in [-0.2, -0.15) is 0 Å². The zero-order chi connectivity index (χ0) is 13.1. The first-order valence-electron chi connectivity index (χ1n) is 5.75. The Kier molecular flexibility index (Phi) is 3.37. The number of nitrogen functional groups attached to an aromatic ring is 1. The number of carbonyl (C=O) groups is 1. The highest BCUT2D eigenvalue weighted by Gasteiger charge is 2.07. The molecule has 1 amide bonds. The number of rotatable bonds is 3. The van der Waals surface area contributed by atoms with E-state index in [-0.39, 0.29) is 5.91 Å². The number of nitrogens with one attached hydrogen (secondary N) is 1. The van der Waals surface area contributed by atoms with E-state index in [1.54, 1.807) is 12.1 Å². The molecule has 0 aliphatic rings. The number of benzene rings is 1. The van der Waals surface area contributed by atoms with Crippen LogP contribution in [-0.2, 0) is 6.54 Å². The SMILES string of the molecule is Cc1cc(N)cc(C(=O)NCc2ccc(C)o2)c1. The standard InChI is InChI=1S/C14H16N2O2/c1-9-5-11(7-12(15)6-9)14(17)16-8-13-4-3-10(2)18-13/h3-7H,8,15H2,1-2H3,(H,16,17). The molecule has 0 radical (unpaired) electrons. The summed E-state index contributed by atoms with van der Waals surface area (Å²) in [6, 6.07) is 9.01. The number of carbonyl (C=O) groups excluding carboxylic acids is 1. The molecule has 0 fully saturated rings. The quantitative estimate of drug-likeness (QED) is 0.815. The Morgan fingerprint density at radius 2 is 2.06 bits per heavy atom. The van der Waals surface area contributed by atoms with Crippen LogP contribution in [0, 0.1) is 13.8 Å². The molecule has 0 saturated heterocycles. The first kappa shape index (κ1) is 12.2. The number of amides is 1. The molecule has 0 aliphatic carbocycles. The van der Waals surface area contributed by atoms with E-state index in [1.807, 2.05) is 32.0 Å². The molecule has 0 bridgehead atoms. The number of furan rings is 1. The zero-order valence-electron chi connectivity index (χ0n) is 10.5. The second-order valence-corrected chi connectivity index (χ2v) is 4.33. The van der Waals surface area contributed by atoms with Crippen molar-refractivity contribution in [2.75, 3.05) is 5.73 Å². The van der Waals surface area contributed by atoms with Crippen molar-refractivity contribution in [3.63, 3.8) is 0 Å². The number of nitrogens with two attached hydrogens (primary N) is 1. The van der Waals surface area contributed by atoms with Crippen LogP contribution in [0.2, 0.25) is 0 Å². The number of anilines is 1. The molecule has 0 aliphatic heterocycles. The minimum absolute atomic E-state index is 0.153. The Balaban J connectivity index is 2.03. The zero-order valence-corrected chi connectivity index (χ0v) is 10.5. The van der Waals surface area contributed by atoms with E-state index in [0.717, 1.165) is 17.1 Å². The van der Waals surface area contributed by atoms with Gasteiger partial charge >= 0.3 is 0 Å². The largest absolute Gasteiger partial charge is 0.465 e.